The maximum Gasteiger partial charge on any atom is 0.233 e. The summed E-state index contributed by atoms with van der Waals surface area (Å²) in [5, 5.41) is 0. The molecular formula is C12H10O2. The third-order valence-electron chi connectivity index (χ3n) is 2.42. The maximum atomic E-state index is 11.5. The summed E-state index contributed by atoms with van der Waals surface area (Å²) in [6.07, 6.45) is 1.41. The summed E-state index contributed by atoms with van der Waals surface area (Å²) in [4.78, 5) is 22.7. The summed E-state index contributed by atoms with van der Waals surface area (Å²) in [5.41, 5.74) is 3.38. The van der Waals surface area contributed by atoms with Crippen molar-refractivity contribution in [1.82, 2.24) is 0 Å². The largest absolute Gasteiger partial charge is 0.286 e. The molecule has 0 fully saturated rings. The van der Waals surface area contributed by atoms with E-state index in [0.717, 1.165) is 16.7 Å². The van der Waals surface area contributed by atoms with Crippen molar-refractivity contribution < 1.29 is 9.59 Å². The lowest BCUT2D eigenvalue weighted by Crippen LogP contribution is -2.17. The first-order chi connectivity index (χ1) is 6.59. The summed E-state index contributed by atoms with van der Waals surface area (Å²) < 4.78 is 0. The van der Waals surface area contributed by atoms with Gasteiger partial charge in [-0.05, 0) is 31.1 Å². The molecule has 2 heteroatoms. The first kappa shape index (κ1) is 8.88. The molecule has 0 radical (unpaired) electrons. The number of fused-ring (bicyclic) bond motifs is 1. The average Bonchev–Trinajstić information content (AvgIpc) is 2.14. The highest BCUT2D eigenvalue weighted by Crippen LogP contribution is 2.25. The van der Waals surface area contributed by atoms with Crippen molar-refractivity contribution >= 4 is 17.1 Å². The number of benzene rings is 1. The molecule has 0 heterocycles. The van der Waals surface area contributed by atoms with Crippen molar-refractivity contribution in [3.8, 4) is 0 Å². The summed E-state index contributed by atoms with van der Waals surface area (Å²) >= 11 is 0. The Morgan fingerprint density at radius 1 is 1.00 bits per heavy atom. The van der Waals surface area contributed by atoms with Gasteiger partial charge in [0.15, 0.2) is 0 Å². The lowest BCUT2D eigenvalue weighted by Gasteiger charge is -2.13. The highest BCUT2D eigenvalue weighted by atomic mass is 16.2. The minimum atomic E-state index is -0.418. The zero-order valence-corrected chi connectivity index (χ0v) is 8.13. The van der Waals surface area contributed by atoms with Gasteiger partial charge in [-0.25, -0.2) is 0 Å². The Bertz CT molecular complexity index is 467. The van der Waals surface area contributed by atoms with Gasteiger partial charge in [0.2, 0.25) is 11.6 Å². The van der Waals surface area contributed by atoms with E-state index in [4.69, 9.17) is 0 Å². The van der Waals surface area contributed by atoms with Crippen LogP contribution in [0.5, 0.6) is 0 Å². The predicted molar refractivity (Wildman–Crippen MR) is 54.2 cm³/mol. The number of allylic oxidation sites excluding steroid dienone is 2. The van der Waals surface area contributed by atoms with Gasteiger partial charge in [0.05, 0.1) is 0 Å². The summed E-state index contributed by atoms with van der Waals surface area (Å²) in [5.74, 6) is -0.815. The predicted octanol–water partition coefficient (Wildman–Crippen LogP) is 2.16. The summed E-state index contributed by atoms with van der Waals surface area (Å²) in [7, 11) is 0. The van der Waals surface area contributed by atoms with Gasteiger partial charge in [-0.2, -0.15) is 0 Å². The van der Waals surface area contributed by atoms with Gasteiger partial charge in [0.1, 0.15) is 0 Å². The van der Waals surface area contributed by atoms with Crippen LogP contribution in [0.4, 0.5) is 0 Å². The number of carbonyl (C=O) groups excluding carboxylic acids is 2. The molecule has 0 bridgehead atoms. The Morgan fingerprint density at radius 3 is 2.43 bits per heavy atom. The number of rotatable bonds is 0. The van der Waals surface area contributed by atoms with Crippen molar-refractivity contribution in [2.75, 3.05) is 0 Å². The standard InChI is InChI=1S/C12H10O2/c1-7-3-4-9-10(5-7)8(2)6-11(13)12(9)14/h3-6H,1-2H3. The van der Waals surface area contributed by atoms with Gasteiger partial charge < -0.3 is 0 Å². The first-order valence-corrected chi connectivity index (χ1v) is 4.47. The fourth-order valence-electron chi connectivity index (χ4n) is 1.66. The number of Topliss-reactive ketones (excluding diaryl/α,β-unsaturated/α-hetero) is 1. The number of hydrogen-bond acceptors (Lipinski definition) is 2. The molecule has 0 unspecified atom stereocenters. The van der Waals surface area contributed by atoms with Gasteiger partial charge >= 0.3 is 0 Å². The molecule has 1 aliphatic carbocycles. The third-order valence-corrected chi connectivity index (χ3v) is 2.42. The third kappa shape index (κ3) is 1.20. The molecule has 1 aromatic carbocycles. The van der Waals surface area contributed by atoms with E-state index in [1.54, 1.807) is 6.07 Å². The molecular weight excluding hydrogens is 176 g/mol. The minimum Gasteiger partial charge on any atom is -0.286 e. The molecule has 0 aromatic heterocycles. The fraction of sp³-hybridized carbons (Fsp3) is 0.167. The van der Waals surface area contributed by atoms with Crippen molar-refractivity contribution in [2.24, 2.45) is 0 Å². The second kappa shape index (κ2) is 2.91. The molecule has 14 heavy (non-hydrogen) atoms. The first-order valence-electron chi connectivity index (χ1n) is 4.47. The molecule has 0 atom stereocenters. The van der Waals surface area contributed by atoms with E-state index in [1.165, 1.54) is 6.08 Å². The van der Waals surface area contributed by atoms with Gasteiger partial charge in [-0.15, -0.1) is 0 Å². The lowest BCUT2D eigenvalue weighted by molar-refractivity contribution is -0.111. The molecule has 0 spiro atoms. The fourth-order valence-corrected chi connectivity index (χ4v) is 1.66. The molecule has 70 valence electrons. The number of hydrogen-bond donors (Lipinski definition) is 0. The van der Waals surface area contributed by atoms with Crippen LogP contribution in [0.15, 0.2) is 24.3 Å². The highest BCUT2D eigenvalue weighted by Gasteiger charge is 2.23. The van der Waals surface area contributed by atoms with Crippen molar-refractivity contribution in [1.29, 1.82) is 0 Å². The normalized spacial score (nSPS) is 15.1. The Balaban J connectivity index is 2.72. The van der Waals surface area contributed by atoms with Crippen LogP contribution in [0.25, 0.3) is 5.57 Å². The van der Waals surface area contributed by atoms with Crippen LogP contribution in [0.3, 0.4) is 0 Å². The van der Waals surface area contributed by atoms with Crippen molar-refractivity contribution in [2.45, 2.75) is 13.8 Å². The zero-order valence-electron chi connectivity index (χ0n) is 8.13. The molecule has 0 saturated heterocycles. The Kier molecular flexibility index (Phi) is 1.84. The zero-order chi connectivity index (χ0) is 10.3. The number of carbonyl (C=O) groups is 2. The van der Waals surface area contributed by atoms with Crippen LogP contribution in [0.2, 0.25) is 0 Å². The van der Waals surface area contributed by atoms with E-state index in [-0.39, 0.29) is 0 Å². The quantitative estimate of drug-likeness (QED) is 0.582. The van der Waals surface area contributed by atoms with Crippen LogP contribution in [-0.2, 0) is 4.79 Å². The lowest BCUT2D eigenvalue weighted by atomic mass is 9.89. The molecule has 1 aromatic rings. The Labute approximate surface area is 82.2 Å². The van der Waals surface area contributed by atoms with E-state index in [2.05, 4.69) is 0 Å². The molecule has 0 N–H and O–H groups in total. The van der Waals surface area contributed by atoms with Crippen molar-refractivity contribution in [3.63, 3.8) is 0 Å². The Morgan fingerprint density at radius 2 is 1.71 bits per heavy atom. The van der Waals surface area contributed by atoms with Crippen LogP contribution >= 0.6 is 0 Å². The molecule has 0 amide bonds. The smallest absolute Gasteiger partial charge is 0.233 e. The van der Waals surface area contributed by atoms with Crippen LogP contribution < -0.4 is 0 Å². The Hall–Kier alpha value is -1.70. The van der Waals surface area contributed by atoms with Crippen LogP contribution in [-0.4, -0.2) is 11.6 Å². The van der Waals surface area contributed by atoms with Crippen molar-refractivity contribution in [3.05, 3.63) is 41.0 Å². The topological polar surface area (TPSA) is 34.1 Å². The molecule has 2 rings (SSSR count). The maximum absolute atomic E-state index is 11.5. The average molecular weight is 186 g/mol. The highest BCUT2D eigenvalue weighted by molar-refractivity contribution is 6.50. The number of aryl methyl sites for hydroxylation is 1. The number of ketones is 2. The van der Waals surface area contributed by atoms with Crippen LogP contribution in [0, 0.1) is 6.92 Å². The monoisotopic (exact) mass is 186 g/mol. The molecule has 2 nitrogen and oxygen atoms in total. The minimum absolute atomic E-state index is 0.398. The molecule has 0 saturated carbocycles. The molecule has 1 aliphatic rings. The van der Waals surface area contributed by atoms with Gasteiger partial charge in [-0.3, -0.25) is 9.59 Å². The van der Waals surface area contributed by atoms with E-state index in [9.17, 15) is 9.59 Å². The van der Waals surface area contributed by atoms with E-state index in [1.807, 2.05) is 26.0 Å². The van der Waals surface area contributed by atoms with Gasteiger partial charge in [-0.1, -0.05) is 23.8 Å². The summed E-state index contributed by atoms with van der Waals surface area (Å²) in [6.45, 7) is 3.82. The van der Waals surface area contributed by atoms with Crippen LogP contribution in [0.1, 0.15) is 28.4 Å². The SMILES string of the molecule is CC1=CC(=O)C(=O)c2ccc(C)cc21. The van der Waals surface area contributed by atoms with E-state index in [0.29, 0.717) is 5.56 Å². The van der Waals surface area contributed by atoms with Gasteiger partial charge in [0, 0.05) is 5.56 Å². The second-order valence-electron chi connectivity index (χ2n) is 3.57. The van der Waals surface area contributed by atoms with E-state index < -0.39 is 11.6 Å². The van der Waals surface area contributed by atoms with Gasteiger partial charge in [0.25, 0.3) is 0 Å². The summed E-state index contributed by atoms with van der Waals surface area (Å²) in [6, 6.07) is 5.51. The van der Waals surface area contributed by atoms with E-state index >= 15 is 0 Å². The second-order valence-corrected chi connectivity index (χ2v) is 3.57. The molecule has 0 aliphatic heterocycles.